The zero-order valence-corrected chi connectivity index (χ0v) is 18.9. The van der Waals surface area contributed by atoms with Gasteiger partial charge in [0.05, 0.1) is 11.5 Å². The number of nitrogens with one attached hydrogen (secondary N) is 1. The highest BCUT2D eigenvalue weighted by Gasteiger charge is 2.24. The van der Waals surface area contributed by atoms with Crippen LogP contribution < -0.4 is 16.0 Å². The Bertz CT molecular complexity index is 1370. The van der Waals surface area contributed by atoms with E-state index in [1.807, 2.05) is 37.3 Å². The van der Waals surface area contributed by atoms with Crippen molar-refractivity contribution in [2.75, 3.05) is 11.5 Å². The summed E-state index contributed by atoms with van der Waals surface area (Å²) in [4.78, 5) is 32.5. The third-order valence-corrected chi connectivity index (χ3v) is 7.35. The molecule has 2 aromatic heterocycles. The molecule has 3 heterocycles. The van der Waals surface area contributed by atoms with Crippen LogP contribution in [-0.2, 0) is 22.9 Å². The van der Waals surface area contributed by atoms with Gasteiger partial charge in [-0.3, -0.25) is 13.9 Å². The van der Waals surface area contributed by atoms with Gasteiger partial charge in [-0.1, -0.05) is 18.2 Å². The second-order valence-electron chi connectivity index (χ2n) is 7.77. The molecule has 0 aliphatic carbocycles. The SMILES string of the molecule is CCn1c(=O)c2[nH]c(/C=C/c3ccc(OC4CCS(=O)(=O)CC4)cc3)nc2n(CC)c1=O. The fourth-order valence-electron chi connectivity index (χ4n) is 3.84. The lowest BCUT2D eigenvalue weighted by Gasteiger charge is -2.23. The smallest absolute Gasteiger partial charge is 0.332 e. The third kappa shape index (κ3) is 4.40. The lowest BCUT2D eigenvalue weighted by Crippen LogP contribution is -2.39. The maximum atomic E-state index is 12.6. The molecule has 32 heavy (non-hydrogen) atoms. The Labute approximate surface area is 185 Å². The Kier molecular flexibility index (Phi) is 6.05. The standard InChI is InChI=1S/C22H26N4O5S/c1-3-25-20-19(21(27)26(4-2)22(25)28)23-18(24-20)10-7-15-5-8-16(9-6-15)31-17-11-13-32(29,30)14-12-17/h5-10,17H,3-4,11-14H2,1-2H3,(H,23,24)/b10-7+. The van der Waals surface area contributed by atoms with E-state index in [2.05, 4.69) is 9.97 Å². The Hall–Kier alpha value is -3.14. The number of ether oxygens (including phenoxy) is 1. The van der Waals surface area contributed by atoms with Crippen molar-refractivity contribution in [2.24, 2.45) is 0 Å². The summed E-state index contributed by atoms with van der Waals surface area (Å²) in [5, 5.41) is 0. The van der Waals surface area contributed by atoms with Gasteiger partial charge in [0, 0.05) is 13.1 Å². The lowest BCUT2D eigenvalue weighted by molar-refractivity contribution is 0.189. The first-order valence-electron chi connectivity index (χ1n) is 10.7. The predicted molar refractivity (Wildman–Crippen MR) is 124 cm³/mol. The van der Waals surface area contributed by atoms with Crippen LogP contribution in [0.2, 0.25) is 0 Å². The summed E-state index contributed by atoms with van der Waals surface area (Å²) < 4.78 is 31.6. The summed E-state index contributed by atoms with van der Waals surface area (Å²) in [5.74, 6) is 1.52. The Morgan fingerprint density at radius 1 is 1.06 bits per heavy atom. The summed E-state index contributed by atoms with van der Waals surface area (Å²) in [5.41, 5.74) is 0.834. The fourth-order valence-corrected chi connectivity index (χ4v) is 5.29. The van der Waals surface area contributed by atoms with Crippen LogP contribution in [0.4, 0.5) is 0 Å². The molecule has 1 aliphatic rings. The monoisotopic (exact) mass is 458 g/mol. The van der Waals surface area contributed by atoms with Crippen molar-refractivity contribution in [1.29, 1.82) is 0 Å². The molecule has 0 spiro atoms. The van der Waals surface area contributed by atoms with E-state index in [1.165, 1.54) is 9.13 Å². The average molecular weight is 459 g/mol. The summed E-state index contributed by atoms with van der Waals surface area (Å²) in [7, 11) is -2.91. The molecule has 1 saturated heterocycles. The van der Waals surface area contributed by atoms with Crippen LogP contribution in [0.1, 0.15) is 38.1 Å². The molecule has 170 valence electrons. The number of hydrogen-bond donors (Lipinski definition) is 1. The number of nitrogens with zero attached hydrogens (tertiary/aromatic N) is 3. The summed E-state index contributed by atoms with van der Waals surface area (Å²) in [6.45, 7) is 4.31. The van der Waals surface area contributed by atoms with Crippen LogP contribution in [0.3, 0.4) is 0 Å². The van der Waals surface area contributed by atoms with Crippen LogP contribution in [0, 0.1) is 0 Å². The van der Waals surface area contributed by atoms with Crippen LogP contribution in [0.15, 0.2) is 33.9 Å². The number of aromatic amines is 1. The molecule has 3 aromatic rings. The van der Waals surface area contributed by atoms with Crippen molar-refractivity contribution in [1.82, 2.24) is 19.1 Å². The first-order chi connectivity index (χ1) is 15.3. The number of sulfone groups is 1. The number of aryl methyl sites for hydroxylation is 1. The zero-order chi connectivity index (χ0) is 22.9. The highest BCUT2D eigenvalue weighted by atomic mass is 32.2. The van der Waals surface area contributed by atoms with Crippen LogP contribution >= 0.6 is 0 Å². The normalized spacial score (nSPS) is 16.7. The first kappa shape index (κ1) is 22.1. The number of H-pyrrole nitrogens is 1. The van der Waals surface area contributed by atoms with E-state index in [0.29, 0.717) is 48.7 Å². The largest absolute Gasteiger partial charge is 0.490 e. The van der Waals surface area contributed by atoms with E-state index in [4.69, 9.17) is 4.74 Å². The molecule has 0 unspecified atom stereocenters. The van der Waals surface area contributed by atoms with Gasteiger partial charge in [0.2, 0.25) is 0 Å². The van der Waals surface area contributed by atoms with Crippen molar-refractivity contribution in [3.63, 3.8) is 0 Å². The first-order valence-corrected chi connectivity index (χ1v) is 12.5. The minimum atomic E-state index is -2.91. The Balaban J connectivity index is 1.51. The average Bonchev–Trinajstić information content (AvgIpc) is 3.20. The second-order valence-corrected chi connectivity index (χ2v) is 10.1. The number of rotatable bonds is 6. The van der Waals surface area contributed by atoms with Gasteiger partial charge in [0.15, 0.2) is 15.5 Å². The van der Waals surface area contributed by atoms with E-state index in [9.17, 15) is 18.0 Å². The molecular weight excluding hydrogens is 432 g/mol. The molecule has 1 aliphatic heterocycles. The predicted octanol–water partition coefficient (Wildman–Crippen LogP) is 2.05. The highest BCUT2D eigenvalue weighted by molar-refractivity contribution is 7.91. The van der Waals surface area contributed by atoms with Gasteiger partial charge in [0.25, 0.3) is 5.56 Å². The van der Waals surface area contributed by atoms with Crippen molar-refractivity contribution < 1.29 is 13.2 Å². The maximum absolute atomic E-state index is 12.6. The molecule has 0 amide bonds. The van der Waals surface area contributed by atoms with E-state index in [0.717, 1.165) is 5.56 Å². The van der Waals surface area contributed by atoms with Gasteiger partial charge in [-0.15, -0.1) is 0 Å². The van der Waals surface area contributed by atoms with E-state index in [1.54, 1.807) is 13.0 Å². The number of fused-ring (bicyclic) bond motifs is 1. The van der Waals surface area contributed by atoms with E-state index < -0.39 is 9.84 Å². The van der Waals surface area contributed by atoms with Gasteiger partial charge in [-0.05, 0) is 50.5 Å². The molecule has 0 bridgehead atoms. The molecular formula is C22H26N4O5S. The quantitative estimate of drug-likeness (QED) is 0.604. The van der Waals surface area contributed by atoms with Crippen molar-refractivity contribution in [3.05, 3.63) is 56.5 Å². The fraction of sp³-hybridized carbons (Fsp3) is 0.409. The summed E-state index contributed by atoms with van der Waals surface area (Å²) >= 11 is 0. The molecule has 0 radical (unpaired) electrons. The lowest BCUT2D eigenvalue weighted by atomic mass is 10.2. The van der Waals surface area contributed by atoms with Crippen LogP contribution in [-0.4, -0.2) is 45.1 Å². The van der Waals surface area contributed by atoms with Crippen molar-refractivity contribution in [2.45, 2.75) is 45.9 Å². The minimum Gasteiger partial charge on any atom is -0.490 e. The van der Waals surface area contributed by atoms with Crippen molar-refractivity contribution in [3.8, 4) is 5.75 Å². The molecule has 9 nitrogen and oxygen atoms in total. The molecule has 0 atom stereocenters. The summed E-state index contributed by atoms with van der Waals surface area (Å²) in [6, 6.07) is 7.46. The van der Waals surface area contributed by atoms with Crippen LogP contribution in [0.5, 0.6) is 5.75 Å². The zero-order valence-electron chi connectivity index (χ0n) is 18.1. The Morgan fingerprint density at radius 3 is 2.34 bits per heavy atom. The number of benzene rings is 1. The van der Waals surface area contributed by atoms with Gasteiger partial charge in [-0.2, -0.15) is 0 Å². The van der Waals surface area contributed by atoms with Gasteiger partial charge in [0.1, 0.15) is 23.2 Å². The number of hydrogen-bond acceptors (Lipinski definition) is 6. The molecule has 0 saturated carbocycles. The molecule has 1 N–H and O–H groups in total. The van der Waals surface area contributed by atoms with Gasteiger partial charge in [-0.25, -0.2) is 18.2 Å². The maximum Gasteiger partial charge on any atom is 0.332 e. The van der Waals surface area contributed by atoms with E-state index in [-0.39, 0.29) is 28.9 Å². The van der Waals surface area contributed by atoms with Crippen molar-refractivity contribution >= 4 is 33.2 Å². The van der Waals surface area contributed by atoms with E-state index >= 15 is 0 Å². The van der Waals surface area contributed by atoms with Gasteiger partial charge >= 0.3 is 5.69 Å². The summed E-state index contributed by atoms with van der Waals surface area (Å²) in [6.07, 6.45) is 4.54. The van der Waals surface area contributed by atoms with Gasteiger partial charge < -0.3 is 9.72 Å². The Morgan fingerprint density at radius 2 is 1.72 bits per heavy atom. The topological polar surface area (TPSA) is 116 Å². The third-order valence-electron chi connectivity index (χ3n) is 5.63. The number of imidazole rings is 1. The number of aromatic nitrogens is 4. The van der Waals surface area contributed by atoms with Crippen LogP contribution in [0.25, 0.3) is 23.3 Å². The molecule has 1 aromatic carbocycles. The minimum absolute atomic E-state index is 0.0844. The molecule has 1 fully saturated rings. The molecule has 10 heteroatoms. The highest BCUT2D eigenvalue weighted by Crippen LogP contribution is 2.21. The molecule has 4 rings (SSSR count). The second kappa shape index (κ2) is 8.78.